The van der Waals surface area contributed by atoms with Crippen LogP contribution in [0.25, 0.3) is 0 Å². The first-order valence-electron chi connectivity index (χ1n) is 9.42. The maximum Gasteiger partial charge on any atom is 0.309 e. The van der Waals surface area contributed by atoms with Gasteiger partial charge in [-0.15, -0.1) is 0 Å². The molecule has 3 saturated carbocycles. The summed E-state index contributed by atoms with van der Waals surface area (Å²) in [5, 5.41) is 19.6. The van der Waals surface area contributed by atoms with Gasteiger partial charge in [-0.3, -0.25) is 4.79 Å². The highest BCUT2D eigenvalue weighted by Crippen LogP contribution is 2.70. The fourth-order valence-corrected chi connectivity index (χ4v) is 7.48. The minimum Gasteiger partial charge on any atom is -0.481 e. The first-order valence-corrected chi connectivity index (χ1v) is 9.42. The molecule has 23 heavy (non-hydrogen) atoms. The van der Waals surface area contributed by atoms with Crippen LogP contribution in [0.1, 0.15) is 65.2 Å². The third-order valence-electron chi connectivity index (χ3n) is 8.46. The van der Waals surface area contributed by atoms with Crippen molar-refractivity contribution >= 4 is 5.97 Å². The summed E-state index contributed by atoms with van der Waals surface area (Å²) in [6.07, 6.45) is 11.3. The highest BCUT2D eigenvalue weighted by molar-refractivity contribution is 5.75. The van der Waals surface area contributed by atoms with Crippen molar-refractivity contribution in [2.75, 3.05) is 6.61 Å². The van der Waals surface area contributed by atoms with E-state index in [1.165, 1.54) is 31.3 Å². The second kappa shape index (κ2) is 4.84. The Bertz CT molecular complexity index is 567. The van der Waals surface area contributed by atoms with Crippen molar-refractivity contribution in [1.29, 1.82) is 0 Å². The number of fused-ring (bicyclic) bond motifs is 3. The molecule has 4 rings (SSSR count). The molecule has 1 spiro atoms. The van der Waals surface area contributed by atoms with E-state index in [9.17, 15) is 15.0 Å². The molecular weight excluding hydrogens is 288 g/mol. The summed E-state index contributed by atoms with van der Waals surface area (Å²) >= 11 is 0. The molecule has 3 nitrogen and oxygen atoms in total. The van der Waals surface area contributed by atoms with Crippen molar-refractivity contribution in [2.24, 2.45) is 34.0 Å². The molecule has 0 aliphatic heterocycles. The summed E-state index contributed by atoms with van der Waals surface area (Å²) in [5.74, 6) is 0.912. The van der Waals surface area contributed by atoms with E-state index in [1.54, 1.807) is 0 Å². The Morgan fingerprint density at radius 2 is 1.96 bits per heavy atom. The predicted molar refractivity (Wildman–Crippen MR) is 88.9 cm³/mol. The average Bonchev–Trinajstić information content (AvgIpc) is 2.77. The number of allylic oxidation sites excluding steroid dienone is 1. The van der Waals surface area contributed by atoms with Gasteiger partial charge in [-0.1, -0.05) is 19.4 Å². The lowest BCUT2D eigenvalue weighted by Gasteiger charge is -2.63. The van der Waals surface area contributed by atoms with E-state index in [0.717, 1.165) is 25.7 Å². The van der Waals surface area contributed by atoms with E-state index >= 15 is 0 Å². The maximum atomic E-state index is 12.0. The first-order chi connectivity index (χ1) is 10.9. The van der Waals surface area contributed by atoms with Gasteiger partial charge in [0.2, 0.25) is 0 Å². The minimum atomic E-state index is -0.587. The van der Waals surface area contributed by atoms with Crippen molar-refractivity contribution in [3.63, 3.8) is 0 Å². The Labute approximate surface area is 139 Å². The molecule has 0 aromatic rings. The molecule has 4 aliphatic carbocycles. The number of hydrogen-bond donors (Lipinski definition) is 2. The molecule has 0 aromatic heterocycles. The van der Waals surface area contributed by atoms with E-state index in [4.69, 9.17) is 0 Å². The smallest absolute Gasteiger partial charge is 0.309 e. The van der Waals surface area contributed by atoms with Gasteiger partial charge in [0, 0.05) is 0 Å². The highest BCUT2D eigenvalue weighted by atomic mass is 16.4. The van der Waals surface area contributed by atoms with E-state index in [2.05, 4.69) is 13.0 Å². The van der Waals surface area contributed by atoms with Crippen LogP contribution in [0, 0.1) is 34.0 Å². The van der Waals surface area contributed by atoms with Gasteiger partial charge in [0.25, 0.3) is 0 Å². The lowest BCUT2D eigenvalue weighted by Crippen LogP contribution is -2.58. The Hall–Kier alpha value is -0.830. The third kappa shape index (κ3) is 1.89. The van der Waals surface area contributed by atoms with Gasteiger partial charge in [-0.05, 0) is 86.0 Å². The summed E-state index contributed by atoms with van der Waals surface area (Å²) in [4.78, 5) is 12.0. The van der Waals surface area contributed by atoms with Gasteiger partial charge in [0.1, 0.15) is 0 Å². The SMILES string of the molecule is C[C@]12CCC[C@](C)(C(=O)O)[C@H]1CC[C@@]13C=C(CO)[C@@H](CC[C@H]12)C3. The summed E-state index contributed by atoms with van der Waals surface area (Å²) in [5.41, 5.74) is 1.12. The monoisotopic (exact) mass is 318 g/mol. The van der Waals surface area contributed by atoms with Crippen LogP contribution in [0.5, 0.6) is 0 Å². The number of carboxylic acid groups (broad SMARTS) is 1. The first kappa shape index (κ1) is 15.7. The summed E-state index contributed by atoms with van der Waals surface area (Å²) in [6, 6.07) is 0. The number of rotatable bonds is 2. The molecule has 3 fully saturated rings. The van der Waals surface area contributed by atoms with Crippen LogP contribution in [0.2, 0.25) is 0 Å². The molecule has 3 heteroatoms. The molecule has 0 amide bonds. The molecule has 0 unspecified atom stereocenters. The zero-order chi connectivity index (χ0) is 16.5. The number of aliphatic hydroxyl groups is 1. The molecule has 0 aromatic carbocycles. The molecule has 6 atom stereocenters. The number of aliphatic hydroxyl groups excluding tert-OH is 1. The van der Waals surface area contributed by atoms with Crippen LogP contribution in [-0.2, 0) is 4.79 Å². The van der Waals surface area contributed by atoms with Gasteiger partial charge in [-0.25, -0.2) is 0 Å². The van der Waals surface area contributed by atoms with Crippen molar-refractivity contribution in [3.05, 3.63) is 11.6 Å². The van der Waals surface area contributed by atoms with Crippen LogP contribution in [-0.4, -0.2) is 22.8 Å². The minimum absolute atomic E-state index is 0.149. The third-order valence-corrected chi connectivity index (χ3v) is 8.46. The Morgan fingerprint density at radius 3 is 2.65 bits per heavy atom. The second-order valence-electron chi connectivity index (χ2n) is 9.31. The molecule has 2 bridgehead atoms. The van der Waals surface area contributed by atoms with Gasteiger partial charge in [0.05, 0.1) is 12.0 Å². The normalized spacial score (nSPS) is 51.6. The van der Waals surface area contributed by atoms with E-state index in [-0.39, 0.29) is 17.4 Å². The zero-order valence-corrected chi connectivity index (χ0v) is 14.5. The Kier molecular flexibility index (Phi) is 3.30. The number of carbonyl (C=O) groups is 1. The Morgan fingerprint density at radius 1 is 1.17 bits per heavy atom. The second-order valence-corrected chi connectivity index (χ2v) is 9.31. The standard InChI is InChI=1S/C20H30O3/c1-18-7-3-8-19(2,17(22)23)15(18)6-9-20-10-13(4-5-16(18)20)14(11-20)12-21/h11,13,15-16,21H,3-10,12H2,1-2H3,(H,22,23)/t13-,15-,16-,18-,19-,20+/m0/s1. The Balaban J connectivity index is 1.75. The van der Waals surface area contributed by atoms with E-state index in [1.807, 2.05) is 6.92 Å². The van der Waals surface area contributed by atoms with Crippen LogP contribution in [0.4, 0.5) is 0 Å². The fraction of sp³-hybridized carbons (Fsp3) is 0.850. The van der Waals surface area contributed by atoms with Crippen LogP contribution in [0.15, 0.2) is 11.6 Å². The van der Waals surface area contributed by atoms with Gasteiger partial charge in [0.15, 0.2) is 0 Å². The van der Waals surface area contributed by atoms with Gasteiger partial charge in [-0.2, -0.15) is 0 Å². The molecular formula is C20H30O3. The topological polar surface area (TPSA) is 57.5 Å². The number of aliphatic carboxylic acids is 1. The van der Waals surface area contributed by atoms with Crippen molar-refractivity contribution in [2.45, 2.75) is 65.2 Å². The number of carboxylic acids is 1. The van der Waals surface area contributed by atoms with Crippen molar-refractivity contribution in [3.8, 4) is 0 Å². The van der Waals surface area contributed by atoms with Crippen LogP contribution in [0.3, 0.4) is 0 Å². The average molecular weight is 318 g/mol. The molecule has 0 radical (unpaired) electrons. The maximum absolute atomic E-state index is 12.0. The van der Waals surface area contributed by atoms with Crippen LogP contribution >= 0.6 is 0 Å². The molecule has 128 valence electrons. The predicted octanol–water partition coefficient (Wildman–Crippen LogP) is 4.01. The quantitative estimate of drug-likeness (QED) is 0.756. The van der Waals surface area contributed by atoms with Crippen molar-refractivity contribution in [1.82, 2.24) is 0 Å². The highest BCUT2D eigenvalue weighted by Gasteiger charge is 2.64. The number of hydrogen-bond acceptors (Lipinski definition) is 2. The molecule has 2 N–H and O–H groups in total. The summed E-state index contributed by atoms with van der Waals surface area (Å²) in [7, 11) is 0. The van der Waals surface area contributed by atoms with E-state index in [0.29, 0.717) is 17.8 Å². The lowest BCUT2D eigenvalue weighted by molar-refractivity contribution is -0.177. The van der Waals surface area contributed by atoms with Crippen molar-refractivity contribution < 1.29 is 15.0 Å². The fourth-order valence-electron chi connectivity index (χ4n) is 7.48. The molecule has 4 aliphatic rings. The molecule has 0 heterocycles. The lowest BCUT2D eigenvalue weighted by atomic mass is 9.41. The van der Waals surface area contributed by atoms with Crippen LogP contribution < -0.4 is 0 Å². The zero-order valence-electron chi connectivity index (χ0n) is 14.5. The summed E-state index contributed by atoms with van der Waals surface area (Å²) in [6.45, 7) is 4.62. The van der Waals surface area contributed by atoms with Gasteiger partial charge >= 0.3 is 5.97 Å². The van der Waals surface area contributed by atoms with E-state index < -0.39 is 11.4 Å². The summed E-state index contributed by atoms with van der Waals surface area (Å²) < 4.78 is 0. The van der Waals surface area contributed by atoms with Gasteiger partial charge < -0.3 is 10.2 Å². The largest absolute Gasteiger partial charge is 0.481 e. The molecule has 0 saturated heterocycles.